The molecular weight excluding hydrogens is 276 g/mol. The highest BCUT2D eigenvalue weighted by Gasteiger charge is 2.09. The number of carboxylic acid groups (broad SMARTS) is 1. The maximum atomic E-state index is 11.7. The second-order valence-corrected chi connectivity index (χ2v) is 5.83. The topological polar surface area (TPSA) is 78.4 Å². The molecule has 1 aromatic carbocycles. The van der Waals surface area contributed by atoms with E-state index < -0.39 is 5.97 Å². The van der Waals surface area contributed by atoms with Crippen molar-refractivity contribution in [3.8, 4) is 0 Å². The lowest BCUT2D eigenvalue weighted by Crippen LogP contribution is -2.30. The lowest BCUT2D eigenvalue weighted by atomic mass is 10.1. The van der Waals surface area contributed by atoms with E-state index in [4.69, 9.17) is 5.11 Å². The molecule has 0 spiro atoms. The van der Waals surface area contributed by atoms with E-state index in [0.717, 1.165) is 6.42 Å². The summed E-state index contributed by atoms with van der Waals surface area (Å²) in [5.41, 5.74) is 1.33. The van der Waals surface area contributed by atoms with E-state index in [9.17, 15) is 9.59 Å². The fraction of sp³-hybridized carbons (Fsp3) is 0.429. The van der Waals surface area contributed by atoms with Gasteiger partial charge in [0.05, 0.1) is 5.56 Å². The zero-order chi connectivity index (χ0) is 15.1. The number of benzene rings is 1. The Labute approximate surface area is 123 Å². The number of hydrogen-bond donors (Lipinski definition) is 3. The molecule has 0 radical (unpaired) electrons. The van der Waals surface area contributed by atoms with Crippen molar-refractivity contribution in [1.29, 1.82) is 0 Å². The van der Waals surface area contributed by atoms with Crippen LogP contribution in [0, 0.1) is 6.92 Å². The van der Waals surface area contributed by atoms with Gasteiger partial charge in [0.1, 0.15) is 0 Å². The van der Waals surface area contributed by atoms with Crippen molar-refractivity contribution in [3.05, 3.63) is 29.3 Å². The predicted molar refractivity (Wildman–Crippen MR) is 82.8 cm³/mol. The zero-order valence-electron chi connectivity index (χ0n) is 11.9. The van der Waals surface area contributed by atoms with Gasteiger partial charge in [0, 0.05) is 17.5 Å². The van der Waals surface area contributed by atoms with Crippen molar-refractivity contribution in [2.24, 2.45) is 0 Å². The van der Waals surface area contributed by atoms with E-state index in [1.807, 2.05) is 6.26 Å². The van der Waals surface area contributed by atoms with Crippen molar-refractivity contribution in [2.45, 2.75) is 25.5 Å². The van der Waals surface area contributed by atoms with Gasteiger partial charge in [-0.05, 0) is 37.3 Å². The number of rotatable bonds is 6. The fourth-order valence-corrected chi connectivity index (χ4v) is 1.97. The number of nitrogens with one attached hydrogen (secondary N) is 2. The number of carboxylic acids is 1. The zero-order valence-corrected chi connectivity index (χ0v) is 12.7. The Bertz CT molecular complexity index is 491. The molecule has 1 unspecified atom stereocenters. The Morgan fingerprint density at radius 3 is 2.70 bits per heavy atom. The average Bonchev–Trinajstić information content (AvgIpc) is 2.40. The van der Waals surface area contributed by atoms with E-state index in [0.29, 0.717) is 23.0 Å². The van der Waals surface area contributed by atoms with Crippen LogP contribution in [0.3, 0.4) is 0 Å². The van der Waals surface area contributed by atoms with Crippen LogP contribution in [0.5, 0.6) is 0 Å². The maximum Gasteiger partial charge on any atom is 0.336 e. The number of anilines is 1. The van der Waals surface area contributed by atoms with Gasteiger partial charge in [-0.15, -0.1) is 0 Å². The van der Waals surface area contributed by atoms with Crippen LogP contribution in [-0.4, -0.2) is 35.2 Å². The second kappa shape index (κ2) is 7.79. The number of urea groups is 1. The van der Waals surface area contributed by atoms with Gasteiger partial charge in [0.2, 0.25) is 0 Å². The summed E-state index contributed by atoms with van der Waals surface area (Å²) in [5, 5.41) is 14.9. The first kappa shape index (κ1) is 16.4. The molecule has 0 bridgehead atoms. The van der Waals surface area contributed by atoms with E-state index >= 15 is 0 Å². The van der Waals surface area contributed by atoms with Crippen LogP contribution in [0.1, 0.15) is 29.3 Å². The molecule has 0 aliphatic rings. The highest BCUT2D eigenvalue weighted by atomic mass is 32.2. The molecule has 2 amide bonds. The molecule has 3 N–H and O–H groups in total. The van der Waals surface area contributed by atoms with Gasteiger partial charge in [0.15, 0.2) is 0 Å². The first-order valence-corrected chi connectivity index (χ1v) is 7.64. The number of carbonyl (C=O) groups excluding carboxylic acids is 1. The van der Waals surface area contributed by atoms with Crippen LogP contribution in [0.15, 0.2) is 18.2 Å². The number of hydrogen-bond acceptors (Lipinski definition) is 3. The largest absolute Gasteiger partial charge is 0.478 e. The van der Waals surface area contributed by atoms with E-state index in [1.54, 1.807) is 30.8 Å². The van der Waals surface area contributed by atoms with Crippen molar-refractivity contribution in [3.63, 3.8) is 0 Å². The average molecular weight is 296 g/mol. The highest BCUT2D eigenvalue weighted by molar-refractivity contribution is 7.99. The minimum Gasteiger partial charge on any atom is -0.478 e. The third-order valence-corrected chi connectivity index (χ3v) is 4.01. The van der Waals surface area contributed by atoms with Crippen LogP contribution in [-0.2, 0) is 0 Å². The van der Waals surface area contributed by atoms with E-state index in [-0.39, 0.29) is 11.6 Å². The minimum absolute atomic E-state index is 0.193. The first-order valence-electron chi connectivity index (χ1n) is 6.35. The normalized spacial score (nSPS) is 11.8. The SMILES string of the molecule is CSC(C)CCNC(=O)Nc1ccc(C)c(C(=O)O)c1. The highest BCUT2D eigenvalue weighted by Crippen LogP contribution is 2.15. The molecule has 110 valence electrons. The lowest BCUT2D eigenvalue weighted by molar-refractivity contribution is 0.0696. The van der Waals surface area contributed by atoms with Crippen LogP contribution < -0.4 is 10.6 Å². The summed E-state index contributed by atoms with van der Waals surface area (Å²) < 4.78 is 0. The van der Waals surface area contributed by atoms with Crippen molar-refractivity contribution in [1.82, 2.24) is 5.32 Å². The quantitative estimate of drug-likeness (QED) is 0.754. The number of amides is 2. The molecule has 20 heavy (non-hydrogen) atoms. The van der Waals surface area contributed by atoms with Gasteiger partial charge < -0.3 is 15.7 Å². The minimum atomic E-state index is -1.000. The Hall–Kier alpha value is -1.69. The Morgan fingerprint density at radius 2 is 2.10 bits per heavy atom. The van der Waals surface area contributed by atoms with Gasteiger partial charge in [0.25, 0.3) is 0 Å². The van der Waals surface area contributed by atoms with Crippen molar-refractivity contribution in [2.75, 3.05) is 18.1 Å². The summed E-state index contributed by atoms with van der Waals surface area (Å²) in [6.07, 6.45) is 2.92. The Morgan fingerprint density at radius 1 is 1.40 bits per heavy atom. The lowest BCUT2D eigenvalue weighted by Gasteiger charge is -2.11. The molecule has 5 nitrogen and oxygen atoms in total. The molecule has 0 heterocycles. The molecule has 0 aliphatic heterocycles. The van der Waals surface area contributed by atoms with Gasteiger partial charge >= 0.3 is 12.0 Å². The molecule has 0 aromatic heterocycles. The summed E-state index contributed by atoms with van der Waals surface area (Å²) in [6, 6.07) is 4.50. The first-order chi connectivity index (χ1) is 9.43. The Balaban J connectivity index is 2.54. The van der Waals surface area contributed by atoms with Gasteiger partial charge in [-0.3, -0.25) is 0 Å². The molecule has 1 aromatic rings. The third kappa shape index (κ3) is 5.13. The van der Waals surface area contributed by atoms with Crippen LogP contribution in [0.2, 0.25) is 0 Å². The second-order valence-electron chi connectivity index (χ2n) is 4.55. The molecule has 0 aliphatic carbocycles. The standard InChI is InChI=1S/C14H20N2O3S/c1-9-4-5-11(8-12(9)13(17)18)16-14(19)15-7-6-10(2)20-3/h4-5,8,10H,6-7H2,1-3H3,(H,17,18)(H2,15,16,19). The van der Waals surface area contributed by atoms with Crippen LogP contribution in [0.25, 0.3) is 0 Å². The summed E-state index contributed by atoms with van der Waals surface area (Å²) in [4.78, 5) is 22.7. The predicted octanol–water partition coefficient (Wildman–Crippen LogP) is 2.96. The van der Waals surface area contributed by atoms with Gasteiger partial charge in [-0.2, -0.15) is 11.8 Å². The molecule has 1 rings (SSSR count). The Kier molecular flexibility index (Phi) is 6.38. The number of aromatic carboxylic acids is 1. The fourth-order valence-electron chi connectivity index (χ4n) is 1.61. The third-order valence-electron chi connectivity index (χ3n) is 2.96. The maximum absolute atomic E-state index is 11.7. The molecule has 0 saturated carbocycles. The van der Waals surface area contributed by atoms with Crippen molar-refractivity contribution >= 4 is 29.4 Å². The molecule has 1 atom stereocenters. The van der Waals surface area contributed by atoms with Gasteiger partial charge in [-0.25, -0.2) is 9.59 Å². The summed E-state index contributed by atoms with van der Waals surface area (Å²) >= 11 is 1.75. The van der Waals surface area contributed by atoms with Crippen LogP contribution >= 0.6 is 11.8 Å². The van der Waals surface area contributed by atoms with Crippen LogP contribution in [0.4, 0.5) is 10.5 Å². The number of carbonyl (C=O) groups is 2. The molecule has 0 saturated heterocycles. The molecule has 6 heteroatoms. The monoisotopic (exact) mass is 296 g/mol. The summed E-state index contributed by atoms with van der Waals surface area (Å²) in [7, 11) is 0. The number of aryl methyl sites for hydroxylation is 1. The van der Waals surface area contributed by atoms with E-state index in [2.05, 4.69) is 17.6 Å². The molecule has 0 fully saturated rings. The smallest absolute Gasteiger partial charge is 0.336 e. The van der Waals surface area contributed by atoms with E-state index in [1.165, 1.54) is 6.07 Å². The number of thioether (sulfide) groups is 1. The summed E-state index contributed by atoms with van der Waals surface area (Å²) in [6.45, 7) is 4.41. The summed E-state index contributed by atoms with van der Waals surface area (Å²) in [5.74, 6) is -1.000. The van der Waals surface area contributed by atoms with Crippen molar-refractivity contribution < 1.29 is 14.7 Å². The molecular formula is C14H20N2O3S. The van der Waals surface area contributed by atoms with Gasteiger partial charge in [-0.1, -0.05) is 13.0 Å².